The van der Waals surface area contributed by atoms with Crippen molar-refractivity contribution in [1.82, 2.24) is 24.6 Å². The van der Waals surface area contributed by atoms with Crippen molar-refractivity contribution in [3.05, 3.63) is 101 Å². The number of pyridine rings is 1. The second kappa shape index (κ2) is 9.83. The first kappa shape index (κ1) is 21.8. The van der Waals surface area contributed by atoms with E-state index in [9.17, 15) is 4.39 Å². The van der Waals surface area contributed by atoms with Crippen molar-refractivity contribution in [3.8, 4) is 11.4 Å². The standard InChI is InChI=1S/C24H22FN5.C2H6/c1-17-6-5-9-19(12-17)23(18-7-3-2-4-8-18)29-10-11-30-22(16-29)27-28-24(30)20-13-21(25)15-26-14-20;1-2/h2-9,12-15,23H,10-11,16H2,1H3;1-2H3. The molecule has 0 fully saturated rings. The molecule has 6 heteroatoms. The van der Waals surface area contributed by atoms with Crippen LogP contribution in [0.4, 0.5) is 4.39 Å². The van der Waals surface area contributed by atoms with Crippen LogP contribution in [0.3, 0.4) is 0 Å². The normalized spacial score (nSPS) is 14.2. The van der Waals surface area contributed by atoms with E-state index in [-0.39, 0.29) is 11.9 Å². The van der Waals surface area contributed by atoms with Crippen LogP contribution in [-0.4, -0.2) is 31.2 Å². The lowest BCUT2D eigenvalue weighted by Crippen LogP contribution is -2.37. The van der Waals surface area contributed by atoms with Gasteiger partial charge in [0, 0.05) is 24.8 Å². The Hall–Kier alpha value is -3.38. The molecule has 3 heterocycles. The van der Waals surface area contributed by atoms with Crippen LogP contribution in [0.2, 0.25) is 0 Å². The number of rotatable bonds is 4. The minimum Gasteiger partial charge on any atom is -0.309 e. The van der Waals surface area contributed by atoms with E-state index in [0.717, 1.165) is 18.9 Å². The predicted molar refractivity (Wildman–Crippen MR) is 124 cm³/mol. The molecule has 1 aliphatic rings. The first-order valence-corrected chi connectivity index (χ1v) is 11.1. The zero-order valence-electron chi connectivity index (χ0n) is 18.7. The third-order valence-corrected chi connectivity index (χ3v) is 5.58. The molecule has 1 unspecified atom stereocenters. The third kappa shape index (κ3) is 4.46. The highest BCUT2D eigenvalue weighted by molar-refractivity contribution is 5.54. The van der Waals surface area contributed by atoms with Gasteiger partial charge in [-0.05, 0) is 24.1 Å². The summed E-state index contributed by atoms with van der Waals surface area (Å²) in [5.74, 6) is 1.18. The van der Waals surface area contributed by atoms with Crippen LogP contribution in [-0.2, 0) is 13.1 Å². The summed E-state index contributed by atoms with van der Waals surface area (Å²) in [6.07, 6.45) is 2.83. The largest absolute Gasteiger partial charge is 0.309 e. The number of halogens is 1. The second-order valence-corrected chi connectivity index (χ2v) is 7.68. The summed E-state index contributed by atoms with van der Waals surface area (Å²) < 4.78 is 15.7. The SMILES string of the molecule is CC.Cc1cccc(C(c2ccccc2)N2CCn3c(nnc3-c3cncc(F)c3)C2)c1. The molecule has 32 heavy (non-hydrogen) atoms. The molecule has 0 amide bonds. The van der Waals surface area contributed by atoms with Gasteiger partial charge < -0.3 is 4.57 Å². The Morgan fingerprint density at radius 2 is 1.66 bits per heavy atom. The van der Waals surface area contributed by atoms with Crippen molar-refractivity contribution >= 4 is 0 Å². The van der Waals surface area contributed by atoms with E-state index in [4.69, 9.17) is 0 Å². The Balaban J connectivity index is 0.00000119. The van der Waals surface area contributed by atoms with Gasteiger partial charge in [-0.15, -0.1) is 10.2 Å². The lowest BCUT2D eigenvalue weighted by atomic mass is 9.95. The third-order valence-electron chi connectivity index (χ3n) is 5.58. The summed E-state index contributed by atoms with van der Waals surface area (Å²) in [5, 5.41) is 8.76. The molecule has 1 atom stereocenters. The maximum atomic E-state index is 13.6. The number of fused-ring (bicyclic) bond motifs is 1. The molecule has 2 aromatic carbocycles. The molecule has 0 radical (unpaired) electrons. The smallest absolute Gasteiger partial charge is 0.165 e. The van der Waals surface area contributed by atoms with Crippen LogP contribution < -0.4 is 0 Å². The van der Waals surface area contributed by atoms with Gasteiger partial charge in [0.1, 0.15) is 11.6 Å². The van der Waals surface area contributed by atoms with Gasteiger partial charge in [0.2, 0.25) is 0 Å². The summed E-state index contributed by atoms with van der Waals surface area (Å²) in [7, 11) is 0. The number of benzene rings is 2. The molecule has 0 aliphatic carbocycles. The zero-order chi connectivity index (χ0) is 22.5. The second-order valence-electron chi connectivity index (χ2n) is 7.68. The summed E-state index contributed by atoms with van der Waals surface area (Å²) in [6.45, 7) is 8.37. The number of hydrogen-bond donors (Lipinski definition) is 0. The predicted octanol–water partition coefficient (Wildman–Crippen LogP) is 5.42. The summed E-state index contributed by atoms with van der Waals surface area (Å²) >= 11 is 0. The molecule has 0 N–H and O–H groups in total. The Morgan fingerprint density at radius 3 is 2.41 bits per heavy atom. The van der Waals surface area contributed by atoms with Gasteiger partial charge >= 0.3 is 0 Å². The highest BCUT2D eigenvalue weighted by Gasteiger charge is 2.29. The lowest BCUT2D eigenvalue weighted by Gasteiger charge is -2.35. The van der Waals surface area contributed by atoms with Crippen molar-refractivity contribution in [2.75, 3.05) is 6.54 Å². The first-order chi connectivity index (χ1) is 15.7. The Kier molecular flexibility index (Phi) is 6.71. The maximum Gasteiger partial charge on any atom is 0.165 e. The summed E-state index contributed by atoms with van der Waals surface area (Å²) in [4.78, 5) is 6.39. The molecule has 2 aromatic heterocycles. The van der Waals surface area contributed by atoms with Gasteiger partial charge in [0.15, 0.2) is 5.82 Å². The van der Waals surface area contributed by atoms with E-state index in [1.54, 1.807) is 6.20 Å². The monoisotopic (exact) mass is 429 g/mol. The minimum atomic E-state index is -0.370. The van der Waals surface area contributed by atoms with Crippen molar-refractivity contribution in [2.24, 2.45) is 0 Å². The fraction of sp³-hybridized carbons (Fsp3) is 0.269. The number of aromatic nitrogens is 4. The molecule has 164 valence electrons. The molecular formula is C26H28FN5. The van der Waals surface area contributed by atoms with Gasteiger partial charge in [-0.1, -0.05) is 74.0 Å². The highest BCUT2D eigenvalue weighted by Crippen LogP contribution is 2.33. The van der Waals surface area contributed by atoms with Crippen LogP contribution in [0.25, 0.3) is 11.4 Å². The minimum absolute atomic E-state index is 0.135. The van der Waals surface area contributed by atoms with Gasteiger partial charge in [0.05, 0.1) is 18.8 Å². The van der Waals surface area contributed by atoms with Crippen LogP contribution in [0.15, 0.2) is 73.1 Å². The molecule has 5 nitrogen and oxygen atoms in total. The van der Waals surface area contributed by atoms with E-state index >= 15 is 0 Å². The quantitative estimate of drug-likeness (QED) is 0.435. The molecule has 0 bridgehead atoms. The fourth-order valence-corrected chi connectivity index (χ4v) is 4.23. The maximum absolute atomic E-state index is 13.6. The van der Waals surface area contributed by atoms with E-state index in [2.05, 4.69) is 80.1 Å². The van der Waals surface area contributed by atoms with Gasteiger partial charge in [0.25, 0.3) is 0 Å². The zero-order valence-corrected chi connectivity index (χ0v) is 18.7. The lowest BCUT2D eigenvalue weighted by molar-refractivity contribution is 0.176. The van der Waals surface area contributed by atoms with E-state index in [0.29, 0.717) is 17.9 Å². The van der Waals surface area contributed by atoms with Crippen LogP contribution in [0.5, 0.6) is 0 Å². The van der Waals surface area contributed by atoms with Crippen molar-refractivity contribution in [2.45, 2.75) is 39.9 Å². The van der Waals surface area contributed by atoms with Gasteiger partial charge in [-0.25, -0.2) is 4.39 Å². The average Bonchev–Trinajstić information content (AvgIpc) is 3.25. The summed E-state index contributed by atoms with van der Waals surface area (Å²) in [6, 6.07) is 20.8. The molecule has 0 saturated heterocycles. The van der Waals surface area contributed by atoms with Gasteiger partial charge in [-0.3, -0.25) is 9.88 Å². The number of nitrogens with zero attached hydrogens (tertiary/aromatic N) is 5. The molecule has 5 rings (SSSR count). The average molecular weight is 430 g/mol. The van der Waals surface area contributed by atoms with Crippen molar-refractivity contribution in [3.63, 3.8) is 0 Å². The van der Waals surface area contributed by atoms with E-state index < -0.39 is 0 Å². The van der Waals surface area contributed by atoms with E-state index in [1.165, 1.54) is 29.0 Å². The summed E-state index contributed by atoms with van der Waals surface area (Å²) in [5.41, 5.74) is 4.42. The topological polar surface area (TPSA) is 46.8 Å². The molecule has 1 aliphatic heterocycles. The fourth-order valence-electron chi connectivity index (χ4n) is 4.23. The van der Waals surface area contributed by atoms with Crippen molar-refractivity contribution in [1.29, 1.82) is 0 Å². The van der Waals surface area contributed by atoms with E-state index in [1.807, 2.05) is 19.9 Å². The Labute approximate surface area is 188 Å². The number of aryl methyl sites for hydroxylation is 1. The molecular weight excluding hydrogens is 401 g/mol. The first-order valence-electron chi connectivity index (χ1n) is 11.1. The van der Waals surface area contributed by atoms with Crippen molar-refractivity contribution < 1.29 is 4.39 Å². The molecule has 0 saturated carbocycles. The van der Waals surface area contributed by atoms with Crippen LogP contribution in [0, 0.1) is 12.7 Å². The van der Waals surface area contributed by atoms with Crippen LogP contribution in [0.1, 0.15) is 42.4 Å². The molecule has 0 spiro atoms. The molecule has 4 aromatic rings. The Morgan fingerprint density at radius 1 is 0.875 bits per heavy atom. The van der Waals surface area contributed by atoms with Gasteiger partial charge in [-0.2, -0.15) is 0 Å². The van der Waals surface area contributed by atoms with Crippen LogP contribution >= 0.6 is 0 Å². The Bertz CT molecular complexity index is 1170. The number of hydrogen-bond acceptors (Lipinski definition) is 4. The highest BCUT2D eigenvalue weighted by atomic mass is 19.1.